The second-order valence-electron chi connectivity index (χ2n) is 11.4. The van der Waals surface area contributed by atoms with E-state index in [1.54, 1.807) is 24.9 Å². The van der Waals surface area contributed by atoms with E-state index in [0.717, 1.165) is 45.6 Å². The number of imidazole rings is 1. The first-order valence-electron chi connectivity index (χ1n) is 15.9. The molecule has 9 N–H and O–H groups in total. The van der Waals surface area contributed by atoms with Gasteiger partial charge in [0, 0.05) is 79.8 Å². The molecule has 0 aliphatic heterocycles. The Balaban J connectivity index is 0.000000609. The zero-order chi connectivity index (χ0) is 37.3. The van der Waals surface area contributed by atoms with Crippen LogP contribution in [0.25, 0.3) is 21.8 Å². The summed E-state index contributed by atoms with van der Waals surface area (Å²) >= 11 is 0. The van der Waals surface area contributed by atoms with Gasteiger partial charge in [0.1, 0.15) is 12.1 Å². The van der Waals surface area contributed by atoms with Crippen LogP contribution < -0.4 is 26.6 Å². The standard InChI is InChI=1S/C29H33N7O5.C4H6N2.C2H4O2/c1-17(37)31-15-26(38)36-25(12-19-14-33-23-10-6-4-8-21(19)23)29(41)34-16-27(39)35-24(28(40)30-2)11-18-13-32-22-9-5-3-7-20(18)22;1-4-2-5-3-6-4;1-2(3)4/h3-10,13-14,24-25,32-33H,11-12,15-16H2,1-2H3,(H,30,40)(H,31,37)(H,34,41)(H,35,39)(H,36,38);2-3H,1H3,(H,5,6);1H3,(H,3,4). The molecule has 3 aromatic heterocycles. The second-order valence-corrected chi connectivity index (χ2v) is 11.4. The molecule has 51 heavy (non-hydrogen) atoms. The quantitative estimate of drug-likeness (QED) is 0.0913. The molecule has 0 aliphatic carbocycles. The lowest BCUT2D eigenvalue weighted by atomic mass is 10.0. The van der Waals surface area contributed by atoms with Crippen molar-refractivity contribution in [2.75, 3.05) is 20.1 Å². The highest BCUT2D eigenvalue weighted by Crippen LogP contribution is 2.20. The zero-order valence-corrected chi connectivity index (χ0v) is 28.8. The summed E-state index contributed by atoms with van der Waals surface area (Å²) in [6.45, 7) is 3.63. The minimum atomic E-state index is -1.02. The fourth-order valence-corrected chi connectivity index (χ4v) is 4.95. The van der Waals surface area contributed by atoms with Crippen molar-refractivity contribution in [3.05, 3.63) is 90.3 Å². The van der Waals surface area contributed by atoms with Crippen LogP contribution in [-0.4, -0.2) is 92.8 Å². The third-order valence-electron chi connectivity index (χ3n) is 7.30. The number of rotatable bonds is 12. The number of carbonyl (C=O) groups is 6. The van der Waals surface area contributed by atoms with Crippen molar-refractivity contribution in [1.29, 1.82) is 0 Å². The highest BCUT2D eigenvalue weighted by Gasteiger charge is 2.25. The molecule has 5 aromatic rings. The summed E-state index contributed by atoms with van der Waals surface area (Å²) in [5.41, 5.74) is 4.55. The van der Waals surface area contributed by atoms with Gasteiger partial charge in [-0.15, -0.1) is 0 Å². The number of nitrogens with zero attached hydrogens (tertiary/aromatic N) is 1. The molecule has 0 saturated heterocycles. The molecule has 5 amide bonds. The number of aromatic amines is 3. The highest BCUT2D eigenvalue weighted by molar-refractivity contribution is 5.94. The summed E-state index contributed by atoms with van der Waals surface area (Å²) in [4.78, 5) is 84.2. The zero-order valence-electron chi connectivity index (χ0n) is 28.8. The van der Waals surface area contributed by atoms with Gasteiger partial charge in [-0.1, -0.05) is 36.4 Å². The Bertz CT molecular complexity index is 1930. The van der Waals surface area contributed by atoms with Crippen LogP contribution in [0.5, 0.6) is 0 Å². The summed E-state index contributed by atoms with van der Waals surface area (Å²) in [6.07, 6.45) is 7.38. The molecule has 5 rings (SSSR count). The van der Waals surface area contributed by atoms with Crippen LogP contribution in [0.15, 0.2) is 73.4 Å². The summed E-state index contributed by atoms with van der Waals surface area (Å²) in [7, 11) is 1.48. The van der Waals surface area contributed by atoms with Gasteiger partial charge in [-0.2, -0.15) is 0 Å². The Kier molecular flexibility index (Phi) is 14.9. The lowest BCUT2D eigenvalue weighted by Crippen LogP contribution is -2.53. The van der Waals surface area contributed by atoms with Gasteiger partial charge in [-0.25, -0.2) is 4.98 Å². The smallest absolute Gasteiger partial charge is 0.300 e. The van der Waals surface area contributed by atoms with Crippen LogP contribution >= 0.6 is 0 Å². The van der Waals surface area contributed by atoms with Crippen LogP contribution in [0.3, 0.4) is 0 Å². The number of aromatic nitrogens is 4. The molecule has 3 heterocycles. The number of nitrogens with one attached hydrogen (secondary N) is 8. The lowest BCUT2D eigenvalue weighted by Gasteiger charge is -2.20. The summed E-state index contributed by atoms with van der Waals surface area (Å²) in [5, 5.41) is 22.1. The van der Waals surface area contributed by atoms with E-state index >= 15 is 0 Å². The molecule has 2 atom stereocenters. The van der Waals surface area contributed by atoms with Crippen molar-refractivity contribution in [3.8, 4) is 0 Å². The SMILES string of the molecule is CC(=O)O.CNC(=O)C(Cc1c[nH]c2ccccc12)NC(=O)CNC(=O)C(Cc1c[nH]c2ccccc12)NC(=O)CNC(C)=O.Cc1cnc[nH]1. The van der Waals surface area contributed by atoms with E-state index in [4.69, 9.17) is 9.90 Å². The van der Waals surface area contributed by atoms with E-state index in [1.807, 2.05) is 55.5 Å². The van der Waals surface area contributed by atoms with Gasteiger partial charge in [0.25, 0.3) is 5.97 Å². The topological polar surface area (TPSA) is 243 Å². The number of para-hydroxylation sites is 2. The van der Waals surface area contributed by atoms with Crippen molar-refractivity contribution < 1.29 is 33.9 Å². The Hall–Kier alpha value is -6.45. The Morgan fingerprint density at radius 1 is 0.725 bits per heavy atom. The number of amides is 5. The molecule has 0 saturated carbocycles. The van der Waals surface area contributed by atoms with E-state index in [2.05, 4.69) is 46.5 Å². The highest BCUT2D eigenvalue weighted by atomic mass is 16.4. The molecule has 0 bridgehead atoms. The van der Waals surface area contributed by atoms with Crippen molar-refractivity contribution in [1.82, 2.24) is 46.5 Å². The number of carboxylic acid groups (broad SMARTS) is 1. The Morgan fingerprint density at radius 2 is 1.20 bits per heavy atom. The minimum absolute atomic E-state index is 0.144. The third kappa shape index (κ3) is 12.8. The fraction of sp³-hybridized carbons (Fsp3) is 0.286. The summed E-state index contributed by atoms with van der Waals surface area (Å²) in [5.74, 6) is -3.30. The number of fused-ring (bicyclic) bond motifs is 2. The number of hydrogen-bond acceptors (Lipinski definition) is 7. The van der Waals surface area contributed by atoms with E-state index in [1.165, 1.54) is 14.0 Å². The van der Waals surface area contributed by atoms with E-state index < -0.39 is 42.3 Å². The van der Waals surface area contributed by atoms with E-state index in [9.17, 15) is 24.0 Å². The second kappa shape index (κ2) is 19.5. The van der Waals surface area contributed by atoms with Gasteiger partial charge < -0.3 is 46.6 Å². The molecule has 2 aromatic carbocycles. The molecule has 2 unspecified atom stereocenters. The van der Waals surface area contributed by atoms with E-state index in [0.29, 0.717) is 0 Å². The van der Waals surface area contributed by atoms with Gasteiger partial charge in [-0.3, -0.25) is 28.8 Å². The molecular formula is C35H43N9O7. The van der Waals surface area contributed by atoms with Crippen molar-refractivity contribution in [3.63, 3.8) is 0 Å². The predicted octanol–water partition coefficient (Wildman–Crippen LogP) is 1.21. The van der Waals surface area contributed by atoms with Gasteiger partial charge in [0.2, 0.25) is 29.5 Å². The monoisotopic (exact) mass is 701 g/mol. The van der Waals surface area contributed by atoms with Crippen molar-refractivity contribution >= 4 is 57.3 Å². The van der Waals surface area contributed by atoms with Crippen LogP contribution in [0.1, 0.15) is 30.7 Å². The minimum Gasteiger partial charge on any atom is -0.481 e. The molecule has 0 radical (unpaired) electrons. The number of likely N-dealkylation sites (N-methyl/N-ethyl adjacent to an activating group) is 1. The predicted molar refractivity (Wildman–Crippen MR) is 190 cm³/mol. The molecule has 270 valence electrons. The van der Waals surface area contributed by atoms with Crippen molar-refractivity contribution in [2.24, 2.45) is 0 Å². The van der Waals surface area contributed by atoms with Gasteiger partial charge in [-0.05, 0) is 30.2 Å². The number of aliphatic carboxylic acids is 1. The number of hydrogen-bond donors (Lipinski definition) is 9. The molecular weight excluding hydrogens is 658 g/mol. The number of aryl methyl sites for hydroxylation is 1. The molecule has 0 aliphatic rings. The largest absolute Gasteiger partial charge is 0.481 e. The lowest BCUT2D eigenvalue weighted by molar-refractivity contribution is -0.134. The Morgan fingerprint density at radius 3 is 1.61 bits per heavy atom. The molecule has 0 fully saturated rings. The average Bonchev–Trinajstić information content (AvgIpc) is 3.86. The number of carboxylic acids is 1. The molecule has 16 nitrogen and oxygen atoms in total. The average molecular weight is 702 g/mol. The van der Waals surface area contributed by atoms with Gasteiger partial charge >= 0.3 is 0 Å². The first kappa shape index (κ1) is 39.0. The maximum absolute atomic E-state index is 13.2. The van der Waals surface area contributed by atoms with E-state index in [-0.39, 0.29) is 31.2 Å². The van der Waals surface area contributed by atoms with Gasteiger partial charge in [0.15, 0.2) is 0 Å². The molecule has 16 heteroatoms. The number of H-pyrrole nitrogens is 3. The maximum Gasteiger partial charge on any atom is 0.300 e. The van der Waals surface area contributed by atoms with Crippen LogP contribution in [0.2, 0.25) is 0 Å². The summed E-state index contributed by atoms with van der Waals surface area (Å²) < 4.78 is 0. The number of carbonyl (C=O) groups excluding carboxylic acids is 5. The van der Waals surface area contributed by atoms with Crippen LogP contribution in [0, 0.1) is 6.92 Å². The first-order chi connectivity index (χ1) is 24.4. The van der Waals surface area contributed by atoms with Gasteiger partial charge in [0.05, 0.1) is 19.4 Å². The van der Waals surface area contributed by atoms with Crippen molar-refractivity contribution in [2.45, 2.75) is 45.7 Å². The fourth-order valence-electron chi connectivity index (χ4n) is 4.95. The Labute approximate surface area is 293 Å². The van der Waals surface area contributed by atoms with Crippen LogP contribution in [-0.2, 0) is 41.6 Å². The third-order valence-corrected chi connectivity index (χ3v) is 7.30. The maximum atomic E-state index is 13.2. The summed E-state index contributed by atoms with van der Waals surface area (Å²) in [6, 6.07) is 13.3. The normalized spacial score (nSPS) is 11.5. The van der Waals surface area contributed by atoms with Crippen LogP contribution in [0.4, 0.5) is 0 Å². The number of benzene rings is 2. The first-order valence-corrected chi connectivity index (χ1v) is 15.9. The molecule has 0 spiro atoms.